The van der Waals surface area contributed by atoms with Crippen LogP contribution in [0.2, 0.25) is 5.02 Å². The van der Waals surface area contributed by atoms with E-state index in [0.29, 0.717) is 33.8 Å². The molecular weight excluding hydrogens is 316 g/mol. The topological polar surface area (TPSA) is 76.1 Å². The van der Waals surface area contributed by atoms with Gasteiger partial charge in [0.2, 0.25) is 5.95 Å². The largest absolute Gasteiger partial charge is 0.495 e. The van der Waals surface area contributed by atoms with E-state index in [2.05, 4.69) is 20.6 Å². The Morgan fingerprint density at radius 3 is 2.65 bits per heavy atom. The van der Waals surface area contributed by atoms with Gasteiger partial charge >= 0.3 is 0 Å². The van der Waals surface area contributed by atoms with Crippen LogP contribution in [0.15, 0.2) is 24.3 Å². The summed E-state index contributed by atoms with van der Waals surface area (Å²) < 4.78 is 5.28. The first kappa shape index (κ1) is 17.0. The van der Waals surface area contributed by atoms with Gasteiger partial charge in [-0.1, -0.05) is 11.6 Å². The van der Waals surface area contributed by atoms with E-state index < -0.39 is 0 Å². The summed E-state index contributed by atoms with van der Waals surface area (Å²) in [4.78, 5) is 20.7. The average Bonchev–Trinajstić information content (AvgIpc) is 2.46. The molecule has 0 bridgehead atoms. The van der Waals surface area contributed by atoms with E-state index in [1.165, 1.54) is 0 Å². The zero-order valence-electron chi connectivity index (χ0n) is 13.5. The van der Waals surface area contributed by atoms with Crippen molar-refractivity contribution in [2.45, 2.75) is 26.8 Å². The van der Waals surface area contributed by atoms with Gasteiger partial charge < -0.3 is 15.4 Å². The maximum Gasteiger partial charge on any atom is 0.270 e. The summed E-state index contributed by atoms with van der Waals surface area (Å²) >= 11 is 6.01. The molecule has 0 atom stereocenters. The first-order valence-corrected chi connectivity index (χ1v) is 7.54. The number of benzene rings is 1. The maximum atomic E-state index is 12.1. The highest BCUT2D eigenvalue weighted by molar-refractivity contribution is 6.31. The SMILES string of the molecule is COc1ccc(Cl)cc1Nc1nc(C)cc(C(=O)NC(C)C)n1. The molecule has 1 aromatic heterocycles. The molecule has 122 valence electrons. The van der Waals surface area contributed by atoms with Crippen LogP contribution in [0.25, 0.3) is 0 Å². The van der Waals surface area contributed by atoms with Gasteiger partial charge in [0.1, 0.15) is 11.4 Å². The van der Waals surface area contributed by atoms with Crippen molar-refractivity contribution in [3.63, 3.8) is 0 Å². The number of nitrogens with one attached hydrogen (secondary N) is 2. The van der Waals surface area contributed by atoms with E-state index in [0.717, 1.165) is 0 Å². The number of ether oxygens (including phenoxy) is 1. The van der Waals surface area contributed by atoms with Crippen LogP contribution in [-0.2, 0) is 0 Å². The van der Waals surface area contributed by atoms with E-state index >= 15 is 0 Å². The number of amides is 1. The zero-order valence-corrected chi connectivity index (χ0v) is 14.2. The molecule has 0 saturated carbocycles. The van der Waals surface area contributed by atoms with Crippen molar-refractivity contribution >= 4 is 29.1 Å². The van der Waals surface area contributed by atoms with Crippen LogP contribution < -0.4 is 15.4 Å². The monoisotopic (exact) mass is 334 g/mol. The molecule has 23 heavy (non-hydrogen) atoms. The molecular formula is C16H19ClN4O2. The Bertz CT molecular complexity index is 719. The van der Waals surface area contributed by atoms with Crippen LogP contribution in [0.1, 0.15) is 30.0 Å². The van der Waals surface area contributed by atoms with Crippen LogP contribution >= 0.6 is 11.6 Å². The minimum atomic E-state index is -0.244. The fourth-order valence-electron chi connectivity index (χ4n) is 1.98. The normalized spacial score (nSPS) is 10.5. The summed E-state index contributed by atoms with van der Waals surface area (Å²) in [6, 6.07) is 6.84. The number of rotatable bonds is 5. The number of hydrogen-bond donors (Lipinski definition) is 2. The van der Waals surface area contributed by atoms with Gasteiger partial charge in [0.25, 0.3) is 5.91 Å². The van der Waals surface area contributed by atoms with Crippen molar-refractivity contribution in [1.29, 1.82) is 0 Å². The molecule has 0 fully saturated rings. The van der Waals surface area contributed by atoms with Crippen LogP contribution in [0.4, 0.5) is 11.6 Å². The molecule has 1 amide bonds. The standard InChI is InChI=1S/C16H19ClN4O2/c1-9(2)18-15(22)13-7-10(3)19-16(21-13)20-12-8-11(17)5-6-14(12)23-4/h5-9H,1-4H3,(H,18,22)(H,19,20,21). The molecule has 2 rings (SSSR count). The van der Waals surface area contributed by atoms with Gasteiger partial charge in [0, 0.05) is 16.8 Å². The molecule has 0 spiro atoms. The quantitative estimate of drug-likeness (QED) is 0.877. The smallest absolute Gasteiger partial charge is 0.270 e. The highest BCUT2D eigenvalue weighted by atomic mass is 35.5. The Labute approximate surface area is 140 Å². The molecule has 0 aliphatic heterocycles. The van der Waals surface area contributed by atoms with Gasteiger partial charge in [-0.05, 0) is 45.0 Å². The van der Waals surface area contributed by atoms with Gasteiger partial charge in [0.05, 0.1) is 12.8 Å². The minimum Gasteiger partial charge on any atom is -0.495 e. The van der Waals surface area contributed by atoms with Crippen molar-refractivity contribution in [3.8, 4) is 5.75 Å². The number of nitrogens with zero attached hydrogens (tertiary/aromatic N) is 2. The fourth-order valence-corrected chi connectivity index (χ4v) is 2.15. The molecule has 7 heteroatoms. The second-order valence-corrected chi connectivity index (χ2v) is 5.75. The lowest BCUT2D eigenvalue weighted by Gasteiger charge is -2.12. The van der Waals surface area contributed by atoms with Crippen molar-refractivity contribution in [1.82, 2.24) is 15.3 Å². The molecule has 0 aliphatic rings. The summed E-state index contributed by atoms with van der Waals surface area (Å²) in [7, 11) is 1.56. The first-order chi connectivity index (χ1) is 10.9. The lowest BCUT2D eigenvalue weighted by Crippen LogP contribution is -2.31. The van der Waals surface area contributed by atoms with E-state index in [1.54, 1.807) is 38.3 Å². The Balaban J connectivity index is 2.32. The first-order valence-electron chi connectivity index (χ1n) is 7.16. The molecule has 2 N–H and O–H groups in total. The van der Waals surface area contributed by atoms with Crippen LogP contribution in [0, 0.1) is 6.92 Å². The fraction of sp³-hybridized carbons (Fsp3) is 0.312. The lowest BCUT2D eigenvalue weighted by molar-refractivity contribution is 0.0938. The number of carbonyl (C=O) groups is 1. The number of aryl methyl sites for hydroxylation is 1. The number of anilines is 2. The molecule has 0 radical (unpaired) electrons. The van der Waals surface area contributed by atoms with E-state index in [9.17, 15) is 4.79 Å². The molecule has 6 nitrogen and oxygen atoms in total. The Hall–Kier alpha value is -2.34. The van der Waals surface area contributed by atoms with Crippen LogP contribution in [0.3, 0.4) is 0 Å². The summed E-state index contributed by atoms with van der Waals surface area (Å²) in [5, 5.41) is 6.40. The van der Waals surface area contributed by atoms with Gasteiger partial charge in [-0.25, -0.2) is 9.97 Å². The van der Waals surface area contributed by atoms with Gasteiger partial charge in [0.15, 0.2) is 0 Å². The number of aromatic nitrogens is 2. The molecule has 2 aromatic rings. The third-order valence-electron chi connectivity index (χ3n) is 2.91. The van der Waals surface area contributed by atoms with E-state index in [4.69, 9.17) is 16.3 Å². The number of carbonyl (C=O) groups excluding carboxylic acids is 1. The van der Waals surface area contributed by atoms with E-state index in [-0.39, 0.29) is 11.9 Å². The number of methoxy groups -OCH3 is 1. The third-order valence-corrected chi connectivity index (χ3v) is 3.15. The Kier molecular flexibility index (Phi) is 5.39. The van der Waals surface area contributed by atoms with Crippen molar-refractivity contribution in [3.05, 3.63) is 40.7 Å². The predicted molar refractivity (Wildman–Crippen MR) is 90.7 cm³/mol. The summed E-state index contributed by atoms with van der Waals surface area (Å²) in [5.41, 5.74) is 1.60. The lowest BCUT2D eigenvalue weighted by atomic mass is 10.3. The second kappa shape index (κ2) is 7.28. The van der Waals surface area contributed by atoms with Gasteiger partial charge in [-0.15, -0.1) is 0 Å². The highest BCUT2D eigenvalue weighted by Crippen LogP contribution is 2.29. The summed E-state index contributed by atoms with van der Waals surface area (Å²) in [6.07, 6.45) is 0. The highest BCUT2D eigenvalue weighted by Gasteiger charge is 2.13. The second-order valence-electron chi connectivity index (χ2n) is 5.32. The average molecular weight is 335 g/mol. The van der Waals surface area contributed by atoms with E-state index in [1.807, 2.05) is 13.8 Å². The van der Waals surface area contributed by atoms with Crippen molar-refractivity contribution in [2.75, 3.05) is 12.4 Å². The Morgan fingerprint density at radius 2 is 2.00 bits per heavy atom. The number of halogens is 1. The molecule has 0 unspecified atom stereocenters. The predicted octanol–water partition coefficient (Wildman–Crippen LogP) is 3.33. The summed E-state index contributed by atoms with van der Waals surface area (Å²) in [5.74, 6) is 0.666. The minimum absolute atomic E-state index is 0.0298. The maximum absolute atomic E-state index is 12.1. The Morgan fingerprint density at radius 1 is 1.26 bits per heavy atom. The van der Waals surface area contributed by atoms with Crippen LogP contribution in [-0.4, -0.2) is 29.0 Å². The number of hydrogen-bond acceptors (Lipinski definition) is 5. The third kappa shape index (κ3) is 4.56. The molecule has 1 aromatic carbocycles. The molecule has 1 heterocycles. The molecule has 0 saturated heterocycles. The summed E-state index contributed by atoms with van der Waals surface area (Å²) in [6.45, 7) is 5.58. The van der Waals surface area contributed by atoms with Crippen molar-refractivity contribution in [2.24, 2.45) is 0 Å². The van der Waals surface area contributed by atoms with Crippen LogP contribution in [0.5, 0.6) is 5.75 Å². The van der Waals surface area contributed by atoms with Gasteiger partial charge in [-0.2, -0.15) is 0 Å². The zero-order chi connectivity index (χ0) is 17.0. The van der Waals surface area contributed by atoms with Crippen molar-refractivity contribution < 1.29 is 9.53 Å². The molecule has 0 aliphatic carbocycles. The van der Waals surface area contributed by atoms with Gasteiger partial charge in [-0.3, -0.25) is 4.79 Å².